The number of carbonyl (C=O) groups is 2. The maximum atomic E-state index is 12.6. The van der Waals surface area contributed by atoms with Crippen molar-refractivity contribution >= 4 is 11.8 Å². The van der Waals surface area contributed by atoms with Gasteiger partial charge in [0.25, 0.3) is 17.4 Å². The fourth-order valence-corrected chi connectivity index (χ4v) is 2.66. The van der Waals surface area contributed by atoms with Crippen molar-refractivity contribution < 1.29 is 9.59 Å². The minimum Gasteiger partial charge on any atom is -0.355 e. The van der Waals surface area contributed by atoms with Crippen molar-refractivity contribution in [3.63, 3.8) is 0 Å². The van der Waals surface area contributed by atoms with E-state index in [1.165, 1.54) is 23.9 Å². The zero-order valence-electron chi connectivity index (χ0n) is 14.0. The second-order valence-electron chi connectivity index (χ2n) is 6.08. The molecule has 2 N–H and O–H groups in total. The number of hydrogen-bond donors (Lipinski definition) is 2. The molecule has 2 amide bonds. The van der Waals surface area contributed by atoms with E-state index in [1.54, 1.807) is 18.3 Å². The van der Waals surface area contributed by atoms with Crippen molar-refractivity contribution in [3.05, 3.63) is 63.8 Å². The van der Waals surface area contributed by atoms with E-state index in [1.807, 2.05) is 6.07 Å². The number of nitrogens with one attached hydrogen (secondary N) is 2. The van der Waals surface area contributed by atoms with Gasteiger partial charge in [0.1, 0.15) is 5.56 Å². The van der Waals surface area contributed by atoms with Crippen LogP contribution in [-0.4, -0.2) is 34.5 Å². The molecule has 0 radical (unpaired) electrons. The zero-order chi connectivity index (χ0) is 17.8. The summed E-state index contributed by atoms with van der Waals surface area (Å²) in [6, 6.07) is 6.91. The third kappa shape index (κ3) is 3.76. The first kappa shape index (κ1) is 16.9. The Morgan fingerprint density at radius 3 is 2.68 bits per heavy atom. The van der Waals surface area contributed by atoms with Crippen LogP contribution in [-0.2, 0) is 6.54 Å². The van der Waals surface area contributed by atoms with Crippen LogP contribution in [0.2, 0.25) is 0 Å². The lowest BCUT2D eigenvalue weighted by atomic mass is 9.93. The van der Waals surface area contributed by atoms with Gasteiger partial charge in [-0.3, -0.25) is 19.4 Å². The molecule has 0 aliphatic heterocycles. The van der Waals surface area contributed by atoms with Gasteiger partial charge in [-0.15, -0.1) is 0 Å². The number of aromatic nitrogens is 2. The molecule has 2 aromatic heterocycles. The van der Waals surface area contributed by atoms with E-state index in [4.69, 9.17) is 0 Å². The quantitative estimate of drug-likeness (QED) is 0.847. The molecule has 1 aliphatic carbocycles. The molecule has 130 valence electrons. The lowest BCUT2D eigenvalue weighted by molar-refractivity contribution is 0.0916. The molecule has 1 saturated carbocycles. The molecule has 2 aromatic rings. The van der Waals surface area contributed by atoms with E-state index in [0.717, 1.165) is 19.3 Å². The molecular weight excluding hydrogens is 320 g/mol. The highest BCUT2D eigenvalue weighted by atomic mass is 16.2. The summed E-state index contributed by atoms with van der Waals surface area (Å²) in [6.07, 6.45) is 6.14. The van der Waals surface area contributed by atoms with Gasteiger partial charge in [0, 0.05) is 25.5 Å². The van der Waals surface area contributed by atoms with E-state index in [0.29, 0.717) is 11.3 Å². The van der Waals surface area contributed by atoms with Gasteiger partial charge in [0.05, 0.1) is 17.8 Å². The molecule has 0 saturated heterocycles. The highest BCUT2D eigenvalue weighted by molar-refractivity contribution is 5.99. The summed E-state index contributed by atoms with van der Waals surface area (Å²) in [5.74, 6) is -0.789. The molecule has 0 bridgehead atoms. The molecule has 0 aromatic carbocycles. The molecule has 25 heavy (non-hydrogen) atoms. The van der Waals surface area contributed by atoms with Crippen LogP contribution in [0, 0.1) is 0 Å². The van der Waals surface area contributed by atoms with Crippen LogP contribution in [0.4, 0.5) is 0 Å². The number of nitrogens with zero attached hydrogens (tertiary/aromatic N) is 2. The SMILES string of the molecule is CNC(=O)c1cc(C(=O)NC2CCC2)cn(Cc2ccccn2)c1=O. The summed E-state index contributed by atoms with van der Waals surface area (Å²) in [5.41, 5.74) is 0.454. The normalized spacial score (nSPS) is 13.8. The minimum atomic E-state index is -0.516. The van der Waals surface area contributed by atoms with Gasteiger partial charge in [-0.25, -0.2) is 0 Å². The number of carbonyl (C=O) groups excluding carboxylic acids is 2. The van der Waals surface area contributed by atoms with Crippen LogP contribution in [0.3, 0.4) is 0 Å². The predicted octanol–water partition coefficient (Wildman–Crippen LogP) is 0.933. The molecule has 0 spiro atoms. The van der Waals surface area contributed by atoms with Crippen molar-refractivity contribution in [2.75, 3.05) is 7.05 Å². The predicted molar refractivity (Wildman–Crippen MR) is 92.5 cm³/mol. The first-order valence-corrected chi connectivity index (χ1v) is 8.26. The maximum absolute atomic E-state index is 12.6. The maximum Gasteiger partial charge on any atom is 0.263 e. The molecule has 3 rings (SSSR count). The Kier molecular flexibility index (Phi) is 4.92. The Morgan fingerprint density at radius 1 is 1.28 bits per heavy atom. The van der Waals surface area contributed by atoms with Gasteiger partial charge in [0.15, 0.2) is 0 Å². The molecule has 7 nitrogen and oxygen atoms in total. The summed E-state index contributed by atoms with van der Waals surface area (Å²) in [4.78, 5) is 41.3. The second-order valence-corrected chi connectivity index (χ2v) is 6.08. The molecule has 7 heteroatoms. The van der Waals surface area contributed by atoms with E-state index in [2.05, 4.69) is 15.6 Å². The van der Waals surface area contributed by atoms with E-state index in [-0.39, 0.29) is 24.1 Å². The Bertz CT molecular complexity index is 841. The van der Waals surface area contributed by atoms with Gasteiger partial charge in [-0.05, 0) is 37.5 Å². The van der Waals surface area contributed by atoms with Crippen molar-refractivity contribution in [3.8, 4) is 0 Å². The minimum absolute atomic E-state index is 0.0558. The largest absolute Gasteiger partial charge is 0.355 e. The molecular formula is C18H20N4O3. The van der Waals surface area contributed by atoms with E-state index < -0.39 is 11.5 Å². The fraction of sp³-hybridized carbons (Fsp3) is 0.333. The number of amides is 2. The number of hydrogen-bond acceptors (Lipinski definition) is 4. The lowest BCUT2D eigenvalue weighted by Gasteiger charge is -2.26. The molecule has 1 fully saturated rings. The smallest absolute Gasteiger partial charge is 0.263 e. The van der Waals surface area contributed by atoms with Crippen molar-refractivity contribution in [2.45, 2.75) is 31.8 Å². The molecule has 2 heterocycles. The fourth-order valence-electron chi connectivity index (χ4n) is 2.66. The molecule has 0 atom stereocenters. The van der Waals surface area contributed by atoms with Gasteiger partial charge in [-0.2, -0.15) is 0 Å². The third-order valence-corrected chi connectivity index (χ3v) is 4.32. The third-order valence-electron chi connectivity index (χ3n) is 4.32. The molecule has 0 unspecified atom stereocenters. The lowest BCUT2D eigenvalue weighted by Crippen LogP contribution is -2.40. The topological polar surface area (TPSA) is 93.1 Å². The average Bonchev–Trinajstić information content (AvgIpc) is 2.60. The Balaban J connectivity index is 1.97. The van der Waals surface area contributed by atoms with Crippen LogP contribution < -0.4 is 16.2 Å². The summed E-state index contributed by atoms with van der Waals surface area (Å²) >= 11 is 0. The van der Waals surface area contributed by atoms with Crippen LogP contribution >= 0.6 is 0 Å². The first-order valence-electron chi connectivity index (χ1n) is 8.26. The van der Waals surface area contributed by atoms with Gasteiger partial charge < -0.3 is 15.2 Å². The number of pyridine rings is 2. The van der Waals surface area contributed by atoms with Crippen LogP contribution in [0.15, 0.2) is 41.5 Å². The van der Waals surface area contributed by atoms with E-state index >= 15 is 0 Å². The van der Waals surface area contributed by atoms with Gasteiger partial charge >= 0.3 is 0 Å². The van der Waals surface area contributed by atoms with Crippen LogP contribution in [0.5, 0.6) is 0 Å². The van der Waals surface area contributed by atoms with Crippen LogP contribution in [0.25, 0.3) is 0 Å². The average molecular weight is 340 g/mol. The monoisotopic (exact) mass is 340 g/mol. The first-order chi connectivity index (χ1) is 12.1. The Morgan fingerprint density at radius 2 is 2.08 bits per heavy atom. The Labute approximate surface area is 145 Å². The summed E-state index contributed by atoms with van der Waals surface area (Å²) < 4.78 is 1.35. The van der Waals surface area contributed by atoms with Crippen molar-refractivity contribution in [1.82, 2.24) is 20.2 Å². The zero-order valence-corrected chi connectivity index (χ0v) is 14.0. The summed E-state index contributed by atoms with van der Waals surface area (Å²) in [7, 11) is 1.45. The second kappa shape index (κ2) is 7.29. The number of rotatable bonds is 5. The van der Waals surface area contributed by atoms with E-state index in [9.17, 15) is 14.4 Å². The van der Waals surface area contributed by atoms with Crippen molar-refractivity contribution in [1.29, 1.82) is 0 Å². The van der Waals surface area contributed by atoms with Gasteiger partial charge in [-0.1, -0.05) is 6.07 Å². The Hall–Kier alpha value is -2.96. The highest BCUT2D eigenvalue weighted by Gasteiger charge is 2.22. The summed E-state index contributed by atoms with van der Waals surface area (Å²) in [6.45, 7) is 0.189. The van der Waals surface area contributed by atoms with Crippen LogP contribution in [0.1, 0.15) is 45.7 Å². The molecule has 1 aliphatic rings. The highest BCUT2D eigenvalue weighted by Crippen LogP contribution is 2.18. The standard InChI is InChI=1S/C18H20N4O3/c1-19-17(24)15-9-12(16(23)21-13-6-4-7-13)10-22(18(15)25)11-14-5-2-3-8-20-14/h2-3,5,8-10,13H,4,6-7,11H2,1H3,(H,19,24)(H,21,23). The van der Waals surface area contributed by atoms with Gasteiger partial charge in [0.2, 0.25) is 0 Å². The summed E-state index contributed by atoms with van der Waals surface area (Å²) in [5, 5.41) is 5.37. The van der Waals surface area contributed by atoms with Crippen molar-refractivity contribution in [2.24, 2.45) is 0 Å².